The van der Waals surface area contributed by atoms with Crippen LogP contribution in [0.25, 0.3) is 11.5 Å². The molecule has 1 amide bonds. The molecule has 0 aliphatic carbocycles. The van der Waals surface area contributed by atoms with Gasteiger partial charge in [0.15, 0.2) is 6.61 Å². The number of nitrogens with zero attached hydrogens (tertiary/aromatic N) is 2. The number of nitrogens with one attached hydrogen (secondary N) is 1. The predicted octanol–water partition coefficient (Wildman–Crippen LogP) is 3.88. The van der Waals surface area contributed by atoms with Crippen molar-refractivity contribution in [1.29, 1.82) is 0 Å². The molecule has 2 aromatic carbocycles. The third-order valence-electron chi connectivity index (χ3n) is 4.08. The van der Waals surface area contributed by atoms with E-state index in [2.05, 4.69) is 15.5 Å². The molecule has 1 N–H and O–H groups in total. The quantitative estimate of drug-likeness (QED) is 0.535. The number of aryl methyl sites for hydroxylation is 1. The zero-order valence-electron chi connectivity index (χ0n) is 16.9. The summed E-state index contributed by atoms with van der Waals surface area (Å²) in [7, 11) is 0. The summed E-state index contributed by atoms with van der Waals surface area (Å²) in [6.07, 6.45) is 1.68. The van der Waals surface area contributed by atoms with Gasteiger partial charge < -0.3 is 19.2 Å². The molecule has 3 aromatic rings. The number of carbonyl (C=O) groups excluding carboxylic acids is 2. The first-order valence-electron chi connectivity index (χ1n) is 9.71. The monoisotopic (exact) mass is 409 g/mol. The van der Waals surface area contributed by atoms with Crippen LogP contribution in [0, 0.1) is 0 Å². The summed E-state index contributed by atoms with van der Waals surface area (Å²) in [5, 5.41) is 10.7. The number of carbonyl (C=O) groups is 2. The number of amides is 1. The lowest BCUT2D eigenvalue weighted by Crippen LogP contribution is -2.20. The van der Waals surface area contributed by atoms with Crippen molar-refractivity contribution >= 4 is 17.6 Å². The lowest BCUT2D eigenvalue weighted by molar-refractivity contribution is -0.118. The highest BCUT2D eigenvalue weighted by Gasteiger charge is 2.10. The van der Waals surface area contributed by atoms with E-state index in [9.17, 15) is 9.59 Å². The van der Waals surface area contributed by atoms with E-state index < -0.39 is 5.97 Å². The zero-order chi connectivity index (χ0) is 21.3. The average Bonchev–Trinajstić information content (AvgIpc) is 3.22. The predicted molar refractivity (Wildman–Crippen MR) is 110 cm³/mol. The second-order valence-corrected chi connectivity index (χ2v) is 6.41. The normalized spacial score (nSPS) is 10.5. The number of hydrogen-bond donors (Lipinski definition) is 1. The van der Waals surface area contributed by atoms with Crippen LogP contribution in [-0.2, 0) is 16.0 Å². The lowest BCUT2D eigenvalue weighted by atomic mass is 10.2. The molecule has 1 heterocycles. The molecule has 8 nitrogen and oxygen atoms in total. The first-order chi connectivity index (χ1) is 14.6. The summed E-state index contributed by atoms with van der Waals surface area (Å²) in [5.74, 6) is 0.891. The van der Waals surface area contributed by atoms with E-state index in [1.54, 1.807) is 55.5 Å². The van der Waals surface area contributed by atoms with E-state index in [1.165, 1.54) is 0 Å². The maximum atomic E-state index is 12.1. The Labute approximate surface area is 174 Å². The Morgan fingerprint density at radius 1 is 1.00 bits per heavy atom. The SMILES string of the molecule is CCCc1nnc(-c2ccc(OCC(=O)Nc3ccc(C(=O)OCC)cc3)cc2)o1. The Kier molecular flexibility index (Phi) is 7.15. The van der Waals surface area contributed by atoms with Crippen LogP contribution in [0.1, 0.15) is 36.5 Å². The molecule has 0 spiro atoms. The topological polar surface area (TPSA) is 104 Å². The number of ether oxygens (including phenoxy) is 2. The molecular weight excluding hydrogens is 386 g/mol. The molecular formula is C22H23N3O5. The van der Waals surface area contributed by atoms with Crippen LogP contribution >= 0.6 is 0 Å². The summed E-state index contributed by atoms with van der Waals surface area (Å²) in [6.45, 7) is 3.95. The highest BCUT2D eigenvalue weighted by atomic mass is 16.5. The fourth-order valence-electron chi connectivity index (χ4n) is 2.63. The number of anilines is 1. The summed E-state index contributed by atoms with van der Waals surface area (Å²) in [5.41, 5.74) is 1.77. The second kappa shape index (κ2) is 10.2. The van der Waals surface area contributed by atoms with Gasteiger partial charge in [-0.05, 0) is 61.9 Å². The van der Waals surface area contributed by atoms with Gasteiger partial charge in [-0.2, -0.15) is 0 Å². The standard InChI is InChI=1S/C22H23N3O5/c1-3-5-20-24-25-21(30-20)15-8-12-18(13-9-15)29-14-19(26)23-17-10-6-16(7-11-17)22(27)28-4-2/h6-13H,3-5,14H2,1-2H3,(H,23,26). The summed E-state index contributed by atoms with van der Waals surface area (Å²) < 4.78 is 16.0. The van der Waals surface area contributed by atoms with Gasteiger partial charge in [-0.1, -0.05) is 6.92 Å². The Hall–Kier alpha value is -3.68. The molecule has 156 valence electrons. The lowest BCUT2D eigenvalue weighted by Gasteiger charge is -2.08. The van der Waals surface area contributed by atoms with Crippen molar-refractivity contribution in [3.8, 4) is 17.2 Å². The summed E-state index contributed by atoms with van der Waals surface area (Å²) in [6, 6.07) is 13.5. The van der Waals surface area contributed by atoms with Crippen molar-refractivity contribution in [2.24, 2.45) is 0 Å². The minimum absolute atomic E-state index is 0.153. The minimum atomic E-state index is -0.399. The van der Waals surface area contributed by atoms with Crippen LogP contribution in [0.2, 0.25) is 0 Å². The van der Waals surface area contributed by atoms with Gasteiger partial charge in [-0.25, -0.2) is 4.79 Å². The van der Waals surface area contributed by atoms with Gasteiger partial charge in [-0.15, -0.1) is 10.2 Å². The molecule has 30 heavy (non-hydrogen) atoms. The number of rotatable bonds is 9. The van der Waals surface area contributed by atoms with Gasteiger partial charge in [0.25, 0.3) is 5.91 Å². The molecule has 0 fully saturated rings. The van der Waals surface area contributed by atoms with E-state index in [0.29, 0.717) is 35.4 Å². The van der Waals surface area contributed by atoms with Crippen LogP contribution in [0.5, 0.6) is 5.75 Å². The molecule has 0 aliphatic rings. The first-order valence-corrected chi connectivity index (χ1v) is 9.71. The molecule has 1 aromatic heterocycles. The van der Waals surface area contributed by atoms with Crippen LogP contribution < -0.4 is 10.1 Å². The molecule has 0 bridgehead atoms. The average molecular weight is 409 g/mol. The molecule has 0 saturated heterocycles. The van der Waals surface area contributed by atoms with E-state index in [1.807, 2.05) is 6.92 Å². The highest BCUT2D eigenvalue weighted by molar-refractivity contribution is 5.93. The second-order valence-electron chi connectivity index (χ2n) is 6.41. The number of esters is 1. The summed E-state index contributed by atoms with van der Waals surface area (Å²) in [4.78, 5) is 23.7. The van der Waals surface area contributed by atoms with E-state index in [-0.39, 0.29) is 12.5 Å². The number of aromatic nitrogens is 2. The Bertz CT molecular complexity index is 981. The van der Waals surface area contributed by atoms with E-state index in [4.69, 9.17) is 13.9 Å². The van der Waals surface area contributed by atoms with Crippen LogP contribution in [0.15, 0.2) is 52.9 Å². The molecule has 0 aliphatic heterocycles. The number of benzene rings is 2. The first kappa shape index (κ1) is 21.0. The van der Waals surface area contributed by atoms with Gasteiger partial charge in [0.05, 0.1) is 12.2 Å². The van der Waals surface area contributed by atoms with Crippen molar-refractivity contribution in [1.82, 2.24) is 10.2 Å². The number of hydrogen-bond acceptors (Lipinski definition) is 7. The zero-order valence-corrected chi connectivity index (χ0v) is 16.9. The molecule has 8 heteroatoms. The largest absolute Gasteiger partial charge is 0.484 e. The Morgan fingerprint density at radius 2 is 1.73 bits per heavy atom. The van der Waals surface area contributed by atoms with E-state index in [0.717, 1.165) is 18.4 Å². The Morgan fingerprint density at radius 3 is 2.40 bits per heavy atom. The van der Waals surface area contributed by atoms with Crippen molar-refractivity contribution in [2.75, 3.05) is 18.5 Å². The van der Waals surface area contributed by atoms with Gasteiger partial charge in [0, 0.05) is 17.7 Å². The molecule has 0 saturated carbocycles. The van der Waals surface area contributed by atoms with Crippen LogP contribution in [-0.4, -0.2) is 35.3 Å². The van der Waals surface area contributed by atoms with Gasteiger partial charge in [0.1, 0.15) is 5.75 Å². The summed E-state index contributed by atoms with van der Waals surface area (Å²) >= 11 is 0. The molecule has 0 unspecified atom stereocenters. The fraction of sp³-hybridized carbons (Fsp3) is 0.273. The van der Waals surface area contributed by atoms with Gasteiger partial charge in [0.2, 0.25) is 11.8 Å². The smallest absolute Gasteiger partial charge is 0.338 e. The van der Waals surface area contributed by atoms with Crippen LogP contribution in [0.4, 0.5) is 5.69 Å². The van der Waals surface area contributed by atoms with E-state index >= 15 is 0 Å². The van der Waals surface area contributed by atoms with Gasteiger partial charge in [-0.3, -0.25) is 4.79 Å². The van der Waals surface area contributed by atoms with Crippen molar-refractivity contribution in [3.63, 3.8) is 0 Å². The van der Waals surface area contributed by atoms with Crippen molar-refractivity contribution < 1.29 is 23.5 Å². The van der Waals surface area contributed by atoms with Crippen LogP contribution in [0.3, 0.4) is 0 Å². The van der Waals surface area contributed by atoms with Crippen molar-refractivity contribution in [2.45, 2.75) is 26.7 Å². The third kappa shape index (κ3) is 5.66. The molecule has 3 rings (SSSR count). The molecule has 0 atom stereocenters. The van der Waals surface area contributed by atoms with Crippen molar-refractivity contribution in [3.05, 3.63) is 60.0 Å². The maximum absolute atomic E-state index is 12.1. The fourth-order valence-corrected chi connectivity index (χ4v) is 2.63. The maximum Gasteiger partial charge on any atom is 0.338 e. The highest BCUT2D eigenvalue weighted by Crippen LogP contribution is 2.21. The Balaban J connectivity index is 1.50. The molecule has 0 radical (unpaired) electrons. The third-order valence-corrected chi connectivity index (χ3v) is 4.08. The minimum Gasteiger partial charge on any atom is -0.484 e. The van der Waals surface area contributed by atoms with Gasteiger partial charge >= 0.3 is 5.97 Å².